The van der Waals surface area contributed by atoms with Crippen LogP contribution in [0, 0.1) is 10.8 Å². The van der Waals surface area contributed by atoms with Crippen molar-refractivity contribution in [1.82, 2.24) is 5.32 Å². The minimum atomic E-state index is -5.16. The molecular weight excluding hydrogens is 356 g/mol. The number of hydrogen-bond acceptors (Lipinski definition) is 3. The zero-order chi connectivity index (χ0) is 19.8. The molecule has 10 heteroatoms. The van der Waals surface area contributed by atoms with Gasteiger partial charge in [-0.2, -0.15) is 0 Å². The third kappa shape index (κ3) is 3.95. The van der Waals surface area contributed by atoms with Gasteiger partial charge in [0.2, 0.25) is 6.41 Å². The molecule has 0 rings (SSSR count). The maximum Gasteiger partial charge on any atom is 0.344 e. The highest BCUT2D eigenvalue weighted by Crippen LogP contribution is 2.78. The van der Waals surface area contributed by atoms with E-state index in [0.29, 0.717) is 6.41 Å². The van der Waals surface area contributed by atoms with E-state index in [1.54, 1.807) is 27.7 Å². The van der Waals surface area contributed by atoms with Crippen LogP contribution in [0.5, 0.6) is 0 Å². The zero-order valence-electron chi connectivity index (χ0n) is 15.4. The molecule has 1 amide bonds. The normalized spacial score (nSPS) is 15.3. The van der Waals surface area contributed by atoms with E-state index in [2.05, 4.69) is 5.32 Å². The summed E-state index contributed by atoms with van der Waals surface area (Å²) in [6.07, 6.45) is 0.220. The molecule has 0 aromatic rings. The highest BCUT2D eigenvalue weighted by Gasteiger charge is 2.67. The molecule has 0 radical (unpaired) electrons. The van der Waals surface area contributed by atoms with E-state index in [4.69, 9.17) is 0 Å². The summed E-state index contributed by atoms with van der Waals surface area (Å²) < 4.78 is 24.3. The number of nitrogens with one attached hydrogen (secondary N) is 1. The summed E-state index contributed by atoms with van der Waals surface area (Å²) in [6.45, 7) is 11.3. The number of carbonyl (C=O) groups excluding carboxylic acids is 1. The molecule has 0 saturated heterocycles. The lowest BCUT2D eigenvalue weighted by atomic mass is 9.64. The van der Waals surface area contributed by atoms with Gasteiger partial charge >= 0.3 is 15.2 Å². The number of hydrogen-bond donors (Lipinski definition) is 5. The second-order valence-electron chi connectivity index (χ2n) is 8.09. The van der Waals surface area contributed by atoms with Crippen molar-refractivity contribution in [2.45, 2.75) is 71.7 Å². The van der Waals surface area contributed by atoms with Crippen LogP contribution in [0.4, 0.5) is 0 Å². The van der Waals surface area contributed by atoms with E-state index >= 15 is 0 Å². The minimum Gasteiger partial charge on any atom is -0.353 e. The van der Waals surface area contributed by atoms with Gasteiger partial charge in [-0.1, -0.05) is 34.6 Å². The standard InChI is InChI=1S/C14H31NO7P2/c1-8-14(23(17,18)19,24(20,21)22)12(4,5)9-11(2,3)13(6,7)15-10-16/h10H,8-9H2,1-7H3,(H,15,16)(H2,17,18,19)(H2,20,21,22). The zero-order valence-corrected chi connectivity index (χ0v) is 17.2. The van der Waals surface area contributed by atoms with Crippen molar-refractivity contribution in [3.8, 4) is 0 Å². The van der Waals surface area contributed by atoms with Gasteiger partial charge in [0, 0.05) is 5.54 Å². The first kappa shape index (κ1) is 23.8. The number of amides is 1. The molecule has 144 valence electrons. The summed E-state index contributed by atoms with van der Waals surface area (Å²) in [5.41, 5.74) is -2.87. The molecule has 0 aliphatic carbocycles. The second kappa shape index (κ2) is 6.82. The van der Waals surface area contributed by atoms with Crippen LogP contribution in [-0.2, 0) is 13.9 Å². The molecular formula is C14H31NO7P2. The van der Waals surface area contributed by atoms with E-state index in [9.17, 15) is 33.5 Å². The maximum atomic E-state index is 12.2. The van der Waals surface area contributed by atoms with Crippen molar-refractivity contribution in [2.24, 2.45) is 10.8 Å². The van der Waals surface area contributed by atoms with Crippen LogP contribution in [0.3, 0.4) is 0 Å². The Hall–Kier alpha value is -0.230. The molecule has 0 spiro atoms. The minimum absolute atomic E-state index is 0.0674. The summed E-state index contributed by atoms with van der Waals surface area (Å²) in [4.78, 5) is 47.7. The van der Waals surface area contributed by atoms with Crippen LogP contribution >= 0.6 is 15.2 Å². The van der Waals surface area contributed by atoms with Crippen molar-refractivity contribution in [3.05, 3.63) is 0 Å². The van der Waals surface area contributed by atoms with Crippen molar-refractivity contribution in [2.75, 3.05) is 0 Å². The van der Waals surface area contributed by atoms with Crippen LogP contribution in [0.2, 0.25) is 0 Å². The van der Waals surface area contributed by atoms with Gasteiger partial charge in [-0.3, -0.25) is 13.9 Å². The predicted octanol–water partition coefficient (Wildman–Crippen LogP) is 2.42. The number of carbonyl (C=O) groups is 1. The van der Waals surface area contributed by atoms with Crippen LogP contribution < -0.4 is 5.32 Å². The van der Waals surface area contributed by atoms with Gasteiger partial charge in [0.15, 0.2) is 4.90 Å². The molecule has 0 atom stereocenters. The fraction of sp³-hybridized carbons (Fsp3) is 0.929. The van der Waals surface area contributed by atoms with E-state index in [1.165, 1.54) is 20.8 Å². The highest BCUT2D eigenvalue weighted by molar-refractivity contribution is 7.72. The Morgan fingerprint density at radius 2 is 1.25 bits per heavy atom. The van der Waals surface area contributed by atoms with Crippen LogP contribution in [-0.4, -0.2) is 36.4 Å². The van der Waals surface area contributed by atoms with E-state index in [-0.39, 0.29) is 12.8 Å². The van der Waals surface area contributed by atoms with Gasteiger partial charge in [-0.25, -0.2) is 0 Å². The molecule has 24 heavy (non-hydrogen) atoms. The molecule has 0 bridgehead atoms. The Balaban J connectivity index is 6.31. The smallest absolute Gasteiger partial charge is 0.344 e. The SMILES string of the molecule is CCC(C(C)(C)CC(C)(C)C(C)(C)NC=O)(P(=O)(O)O)P(=O)(O)O. The Morgan fingerprint density at radius 3 is 1.50 bits per heavy atom. The fourth-order valence-corrected chi connectivity index (χ4v) is 7.58. The Kier molecular flexibility index (Phi) is 6.76. The summed E-state index contributed by atoms with van der Waals surface area (Å²) in [5, 5.41) is 2.66. The third-order valence-electron chi connectivity index (χ3n) is 5.54. The summed E-state index contributed by atoms with van der Waals surface area (Å²) in [7, 11) is -10.3. The first-order chi connectivity index (χ1) is 10.3. The second-order valence-corrected chi connectivity index (χ2v) is 12.1. The van der Waals surface area contributed by atoms with Crippen molar-refractivity contribution >= 4 is 21.6 Å². The highest BCUT2D eigenvalue weighted by atomic mass is 31.2. The van der Waals surface area contributed by atoms with E-state index in [0.717, 1.165) is 0 Å². The fourth-order valence-electron chi connectivity index (χ4n) is 3.66. The van der Waals surface area contributed by atoms with Crippen LogP contribution in [0.1, 0.15) is 61.3 Å². The van der Waals surface area contributed by atoms with E-state index in [1.807, 2.05) is 0 Å². The molecule has 0 fully saturated rings. The molecule has 0 aromatic heterocycles. The van der Waals surface area contributed by atoms with Crippen LogP contribution in [0.25, 0.3) is 0 Å². The lowest BCUT2D eigenvalue weighted by molar-refractivity contribution is -0.112. The lowest BCUT2D eigenvalue weighted by Gasteiger charge is -2.52. The predicted molar refractivity (Wildman–Crippen MR) is 92.6 cm³/mol. The molecule has 0 aromatic carbocycles. The summed E-state index contributed by atoms with van der Waals surface area (Å²) >= 11 is 0. The average molecular weight is 387 g/mol. The van der Waals surface area contributed by atoms with Crippen molar-refractivity contribution in [1.29, 1.82) is 0 Å². The topological polar surface area (TPSA) is 144 Å². The molecule has 0 saturated carbocycles. The molecule has 0 unspecified atom stereocenters. The maximum absolute atomic E-state index is 12.2. The van der Waals surface area contributed by atoms with Gasteiger partial charge in [0.05, 0.1) is 0 Å². The Labute approximate surface area is 143 Å². The Morgan fingerprint density at radius 1 is 0.875 bits per heavy atom. The van der Waals surface area contributed by atoms with Gasteiger partial charge in [-0.05, 0) is 37.5 Å². The summed E-state index contributed by atoms with van der Waals surface area (Å²) in [5.74, 6) is 0. The summed E-state index contributed by atoms with van der Waals surface area (Å²) in [6, 6.07) is 0. The van der Waals surface area contributed by atoms with Gasteiger partial charge < -0.3 is 24.9 Å². The lowest BCUT2D eigenvalue weighted by Crippen LogP contribution is -2.55. The molecule has 0 heterocycles. The first-order valence-electron chi connectivity index (χ1n) is 7.65. The third-order valence-corrected chi connectivity index (χ3v) is 10.9. The first-order valence-corrected chi connectivity index (χ1v) is 10.9. The molecule has 0 aliphatic rings. The molecule has 8 nitrogen and oxygen atoms in total. The molecule has 5 N–H and O–H groups in total. The number of rotatable bonds is 9. The monoisotopic (exact) mass is 387 g/mol. The van der Waals surface area contributed by atoms with Gasteiger partial charge in [0.1, 0.15) is 0 Å². The average Bonchev–Trinajstić information content (AvgIpc) is 2.23. The van der Waals surface area contributed by atoms with Crippen molar-refractivity contribution in [3.63, 3.8) is 0 Å². The largest absolute Gasteiger partial charge is 0.353 e. The van der Waals surface area contributed by atoms with Crippen LogP contribution in [0.15, 0.2) is 0 Å². The van der Waals surface area contributed by atoms with Crippen molar-refractivity contribution < 1.29 is 33.5 Å². The Bertz CT molecular complexity index is 537. The van der Waals surface area contributed by atoms with Gasteiger partial charge in [0.25, 0.3) is 0 Å². The quantitative estimate of drug-likeness (QED) is 0.302. The molecule has 0 aliphatic heterocycles. The van der Waals surface area contributed by atoms with E-state index < -0.39 is 36.5 Å². The van der Waals surface area contributed by atoms with Gasteiger partial charge in [-0.15, -0.1) is 0 Å².